The van der Waals surface area contributed by atoms with E-state index in [4.69, 9.17) is 25.5 Å². The van der Waals surface area contributed by atoms with Crippen LogP contribution >= 0.6 is 25.5 Å². The normalized spacial score (nSPS) is 16.3. The predicted octanol–water partition coefficient (Wildman–Crippen LogP) is 4.02. The Balaban J connectivity index is 0.000000148. The number of hydrogen-bond donors (Lipinski definition) is 0. The molecule has 0 aliphatic heterocycles. The zero-order chi connectivity index (χ0) is 7.11. The van der Waals surface area contributed by atoms with Gasteiger partial charge in [0.2, 0.25) is 0 Å². The van der Waals surface area contributed by atoms with Gasteiger partial charge in [-0.25, -0.2) is 0 Å². The Morgan fingerprint density at radius 3 is 0.889 bits per heavy atom. The van der Waals surface area contributed by atoms with Crippen molar-refractivity contribution in [3.05, 3.63) is 0 Å². The molecule has 0 spiro atoms. The second-order valence-electron chi connectivity index (χ2n) is 1.98. The molecule has 0 aromatic carbocycles. The van der Waals surface area contributed by atoms with Crippen LogP contribution in [-0.2, 0) is 18.2 Å². The molecular formula is C5H10Cl3Zr. The van der Waals surface area contributed by atoms with Crippen LogP contribution in [0.3, 0.4) is 0 Å². The number of halogens is 3. The number of rotatable bonds is 0. The molecule has 1 fully saturated rings. The molecule has 1 rings (SSSR count). The van der Waals surface area contributed by atoms with E-state index in [-0.39, 0.29) is 0 Å². The monoisotopic (exact) mass is 265 g/mol. The van der Waals surface area contributed by atoms with E-state index in [0.717, 1.165) is 0 Å². The molecule has 1 saturated carbocycles. The van der Waals surface area contributed by atoms with Gasteiger partial charge in [0.25, 0.3) is 0 Å². The topological polar surface area (TPSA) is 0 Å². The summed E-state index contributed by atoms with van der Waals surface area (Å²) in [5.74, 6) is 0. The SMILES string of the molecule is C1CCCC1.[Cl][Zr]([Cl])[Cl]. The van der Waals surface area contributed by atoms with Crippen LogP contribution in [-0.4, -0.2) is 0 Å². The van der Waals surface area contributed by atoms with Gasteiger partial charge in [0.05, 0.1) is 0 Å². The minimum absolute atomic E-state index is 1.50. The van der Waals surface area contributed by atoms with Crippen LogP contribution in [0.2, 0.25) is 0 Å². The van der Waals surface area contributed by atoms with Crippen molar-refractivity contribution in [3.63, 3.8) is 0 Å². The van der Waals surface area contributed by atoms with Gasteiger partial charge in [-0.1, -0.05) is 32.1 Å². The fourth-order valence-corrected chi connectivity index (χ4v) is 0.884. The molecule has 0 aromatic heterocycles. The quantitative estimate of drug-likeness (QED) is 0.622. The molecule has 55 valence electrons. The first kappa shape index (κ1) is 10.8. The van der Waals surface area contributed by atoms with Crippen molar-refractivity contribution in [2.45, 2.75) is 32.1 Å². The van der Waals surface area contributed by atoms with E-state index < -0.39 is 18.2 Å². The van der Waals surface area contributed by atoms with Crippen molar-refractivity contribution in [1.29, 1.82) is 0 Å². The van der Waals surface area contributed by atoms with Crippen molar-refractivity contribution >= 4 is 25.5 Å². The third kappa shape index (κ3) is 12.9. The molecule has 0 nitrogen and oxygen atoms in total. The van der Waals surface area contributed by atoms with Crippen molar-refractivity contribution in [2.24, 2.45) is 0 Å². The van der Waals surface area contributed by atoms with Gasteiger partial charge in [-0.15, -0.1) is 0 Å². The van der Waals surface area contributed by atoms with Gasteiger partial charge in [-0.05, 0) is 0 Å². The summed E-state index contributed by atoms with van der Waals surface area (Å²) in [7, 11) is 15.0. The van der Waals surface area contributed by atoms with E-state index >= 15 is 0 Å². The molecule has 9 heavy (non-hydrogen) atoms. The van der Waals surface area contributed by atoms with E-state index in [1.54, 1.807) is 0 Å². The summed E-state index contributed by atoms with van der Waals surface area (Å²) in [5.41, 5.74) is 0. The third-order valence-electron chi connectivity index (χ3n) is 1.25. The Labute approximate surface area is 75.2 Å². The predicted molar refractivity (Wildman–Crippen MR) is 40.6 cm³/mol. The van der Waals surface area contributed by atoms with Crippen molar-refractivity contribution < 1.29 is 18.2 Å². The maximum absolute atomic E-state index is 5.00. The van der Waals surface area contributed by atoms with E-state index in [0.29, 0.717) is 0 Å². The molecular weight excluding hydrogens is 258 g/mol. The van der Waals surface area contributed by atoms with E-state index in [1.807, 2.05) is 0 Å². The Hall–Kier alpha value is 1.75. The molecule has 0 amide bonds. The molecule has 1 aliphatic rings. The van der Waals surface area contributed by atoms with Crippen molar-refractivity contribution in [3.8, 4) is 0 Å². The van der Waals surface area contributed by atoms with E-state index in [1.165, 1.54) is 32.1 Å². The van der Waals surface area contributed by atoms with Crippen molar-refractivity contribution in [2.75, 3.05) is 0 Å². The van der Waals surface area contributed by atoms with Gasteiger partial charge in [-0.2, -0.15) is 0 Å². The van der Waals surface area contributed by atoms with Crippen LogP contribution in [0.4, 0.5) is 0 Å². The standard InChI is InChI=1S/C5H10.3ClH.Zr/c1-2-4-5-3-1;;;;/h1-5H2;3*1H;/q;;;;+3/p-3. The average Bonchev–Trinajstić information content (AvgIpc) is 2.11. The zero-order valence-corrected chi connectivity index (χ0v) is 9.90. The summed E-state index contributed by atoms with van der Waals surface area (Å²) in [4.78, 5) is 0. The van der Waals surface area contributed by atoms with Gasteiger partial charge in [0.15, 0.2) is 0 Å². The molecule has 0 bridgehead atoms. The molecule has 0 radical (unpaired) electrons. The molecule has 0 unspecified atom stereocenters. The summed E-state index contributed by atoms with van der Waals surface area (Å²) in [6, 6.07) is 0. The van der Waals surface area contributed by atoms with Gasteiger partial charge in [0, 0.05) is 0 Å². The maximum atomic E-state index is 5.00. The summed E-state index contributed by atoms with van der Waals surface area (Å²) in [6.45, 7) is 0. The summed E-state index contributed by atoms with van der Waals surface area (Å²) >= 11 is -2.13. The molecule has 4 heteroatoms. The molecule has 0 atom stereocenters. The first-order valence-corrected chi connectivity index (χ1v) is 12.6. The second kappa shape index (κ2) is 7.86. The first-order valence-electron chi connectivity index (χ1n) is 3.07. The fourth-order valence-electron chi connectivity index (χ4n) is 0.884. The van der Waals surface area contributed by atoms with Gasteiger partial charge >= 0.3 is 43.7 Å². The van der Waals surface area contributed by atoms with Gasteiger partial charge in [0.1, 0.15) is 0 Å². The van der Waals surface area contributed by atoms with Gasteiger partial charge in [-0.3, -0.25) is 0 Å². The molecule has 1 aliphatic carbocycles. The minimum atomic E-state index is -2.13. The summed E-state index contributed by atoms with van der Waals surface area (Å²) in [6.07, 6.45) is 7.50. The molecule has 0 heterocycles. The summed E-state index contributed by atoms with van der Waals surface area (Å²) < 4.78 is 0. The fraction of sp³-hybridized carbons (Fsp3) is 1.00. The van der Waals surface area contributed by atoms with Crippen LogP contribution in [0.5, 0.6) is 0 Å². The molecule has 0 N–H and O–H groups in total. The van der Waals surface area contributed by atoms with E-state index in [9.17, 15) is 0 Å². The van der Waals surface area contributed by atoms with Crippen LogP contribution in [0.1, 0.15) is 32.1 Å². The number of hydrogen-bond acceptors (Lipinski definition) is 0. The average molecular weight is 268 g/mol. The molecule has 0 aromatic rings. The Morgan fingerprint density at radius 2 is 0.778 bits per heavy atom. The van der Waals surface area contributed by atoms with Gasteiger partial charge < -0.3 is 0 Å². The summed E-state index contributed by atoms with van der Waals surface area (Å²) in [5, 5.41) is 0. The van der Waals surface area contributed by atoms with E-state index in [2.05, 4.69) is 0 Å². The third-order valence-corrected chi connectivity index (χ3v) is 1.25. The molecule has 0 saturated heterocycles. The van der Waals surface area contributed by atoms with Crippen LogP contribution < -0.4 is 0 Å². The Kier molecular flexibility index (Phi) is 9.39. The Bertz CT molecular complexity index is 43.8. The van der Waals surface area contributed by atoms with Crippen molar-refractivity contribution in [1.82, 2.24) is 0 Å². The second-order valence-corrected chi connectivity index (χ2v) is 13.2. The van der Waals surface area contributed by atoms with Crippen LogP contribution in [0, 0.1) is 0 Å². The zero-order valence-electron chi connectivity index (χ0n) is 5.17. The van der Waals surface area contributed by atoms with Crippen LogP contribution in [0.15, 0.2) is 0 Å². The van der Waals surface area contributed by atoms with Crippen LogP contribution in [0.25, 0.3) is 0 Å². The Morgan fingerprint density at radius 1 is 0.667 bits per heavy atom. The first-order chi connectivity index (χ1) is 4.23.